The van der Waals surface area contributed by atoms with Gasteiger partial charge in [0, 0.05) is 10.9 Å². The summed E-state index contributed by atoms with van der Waals surface area (Å²) >= 11 is 1.62. The molecular weight excluding hydrogens is 282 g/mol. The Balaban J connectivity index is 1.86. The van der Waals surface area contributed by atoms with E-state index in [1.807, 2.05) is 16.8 Å². The van der Waals surface area contributed by atoms with Crippen molar-refractivity contribution in [2.45, 2.75) is 61.2 Å². The Morgan fingerprint density at radius 2 is 2.10 bits per heavy atom. The predicted molar refractivity (Wildman–Crippen MR) is 83.1 cm³/mol. The lowest BCUT2D eigenvalue weighted by molar-refractivity contribution is 0.423. The monoisotopic (exact) mass is 303 g/mol. The van der Waals surface area contributed by atoms with E-state index in [0.717, 1.165) is 16.5 Å². The van der Waals surface area contributed by atoms with Gasteiger partial charge >= 0.3 is 0 Å². The van der Waals surface area contributed by atoms with Crippen molar-refractivity contribution in [1.29, 1.82) is 0 Å². The second kappa shape index (κ2) is 6.58. The highest BCUT2D eigenvalue weighted by atomic mass is 32.2. The maximum atomic E-state index is 6.21. The third kappa shape index (κ3) is 3.11. The molecule has 0 unspecified atom stereocenters. The molecule has 0 amide bonds. The van der Waals surface area contributed by atoms with Gasteiger partial charge in [-0.1, -0.05) is 38.0 Å². The Kier molecular flexibility index (Phi) is 4.55. The largest absolute Gasteiger partial charge is 0.324 e. The topological polar surface area (TPSA) is 69.6 Å². The molecule has 21 heavy (non-hydrogen) atoms. The summed E-state index contributed by atoms with van der Waals surface area (Å²) in [6.45, 7) is 2.11. The van der Waals surface area contributed by atoms with E-state index in [-0.39, 0.29) is 6.04 Å². The Morgan fingerprint density at radius 3 is 2.86 bits per heavy atom. The second-order valence-corrected chi connectivity index (χ2v) is 6.51. The van der Waals surface area contributed by atoms with Gasteiger partial charge in [-0.2, -0.15) is 0 Å². The fourth-order valence-corrected chi connectivity index (χ4v) is 3.87. The van der Waals surface area contributed by atoms with Crippen molar-refractivity contribution in [2.75, 3.05) is 0 Å². The van der Waals surface area contributed by atoms with Crippen molar-refractivity contribution in [3.05, 3.63) is 29.8 Å². The molecular formula is C15H21N5S. The first-order chi connectivity index (χ1) is 10.3. The Morgan fingerprint density at radius 1 is 1.33 bits per heavy atom. The van der Waals surface area contributed by atoms with Gasteiger partial charge in [0.05, 0.1) is 6.04 Å². The van der Waals surface area contributed by atoms with Crippen LogP contribution >= 0.6 is 11.8 Å². The number of hydrogen-bond donors (Lipinski definition) is 1. The summed E-state index contributed by atoms with van der Waals surface area (Å²) in [5.74, 6) is 0. The van der Waals surface area contributed by atoms with E-state index < -0.39 is 0 Å². The lowest BCUT2D eigenvalue weighted by Crippen LogP contribution is -2.11. The molecule has 1 atom stereocenters. The molecule has 2 N–H and O–H groups in total. The van der Waals surface area contributed by atoms with Crippen LogP contribution in [-0.2, 0) is 0 Å². The maximum absolute atomic E-state index is 6.21. The molecule has 2 aromatic rings. The molecule has 1 aromatic carbocycles. The predicted octanol–water partition coefficient (Wildman–Crippen LogP) is 3.35. The molecule has 1 fully saturated rings. The van der Waals surface area contributed by atoms with E-state index in [4.69, 9.17) is 5.73 Å². The van der Waals surface area contributed by atoms with Gasteiger partial charge in [-0.3, -0.25) is 0 Å². The van der Waals surface area contributed by atoms with Crippen molar-refractivity contribution in [1.82, 2.24) is 20.2 Å². The first-order valence-corrected chi connectivity index (χ1v) is 8.41. The van der Waals surface area contributed by atoms with Crippen LogP contribution in [0.5, 0.6) is 0 Å². The molecule has 6 heteroatoms. The first-order valence-electron chi connectivity index (χ1n) is 7.59. The summed E-state index contributed by atoms with van der Waals surface area (Å²) in [7, 11) is 0. The Hall–Kier alpha value is -1.40. The molecule has 1 aliphatic rings. The van der Waals surface area contributed by atoms with Crippen LogP contribution in [0, 0.1) is 0 Å². The summed E-state index contributed by atoms with van der Waals surface area (Å²) < 4.78 is 1.99. The van der Waals surface area contributed by atoms with E-state index in [2.05, 4.69) is 34.6 Å². The highest BCUT2D eigenvalue weighted by molar-refractivity contribution is 7.99. The van der Waals surface area contributed by atoms with E-state index in [9.17, 15) is 0 Å². The first kappa shape index (κ1) is 14.5. The van der Waals surface area contributed by atoms with Gasteiger partial charge in [-0.25, -0.2) is 4.68 Å². The van der Waals surface area contributed by atoms with E-state index in [1.165, 1.54) is 31.2 Å². The summed E-state index contributed by atoms with van der Waals surface area (Å²) in [5.41, 5.74) is 7.38. The van der Waals surface area contributed by atoms with Crippen molar-refractivity contribution in [2.24, 2.45) is 5.73 Å². The SMILES string of the molecule is CC[C@H](N)c1ccccc1Sc1nnnn1C1CCCC1. The van der Waals surface area contributed by atoms with Gasteiger partial charge in [-0.15, -0.1) is 5.10 Å². The van der Waals surface area contributed by atoms with Gasteiger partial charge in [-0.05, 0) is 53.1 Å². The molecule has 0 saturated heterocycles. The van der Waals surface area contributed by atoms with Crippen molar-refractivity contribution >= 4 is 11.8 Å². The third-order valence-electron chi connectivity index (χ3n) is 4.09. The minimum Gasteiger partial charge on any atom is -0.324 e. The van der Waals surface area contributed by atoms with Crippen molar-refractivity contribution in [3.63, 3.8) is 0 Å². The quantitative estimate of drug-likeness (QED) is 0.917. The molecule has 112 valence electrons. The third-order valence-corrected chi connectivity index (χ3v) is 5.14. The molecule has 5 nitrogen and oxygen atoms in total. The van der Waals surface area contributed by atoms with Gasteiger partial charge in [0.15, 0.2) is 0 Å². The molecule has 0 radical (unpaired) electrons. The van der Waals surface area contributed by atoms with Crippen LogP contribution in [0.3, 0.4) is 0 Å². The lowest BCUT2D eigenvalue weighted by atomic mass is 10.1. The molecule has 3 rings (SSSR count). The van der Waals surface area contributed by atoms with Crippen LogP contribution < -0.4 is 5.73 Å². The summed E-state index contributed by atoms with van der Waals surface area (Å²) in [6.07, 6.45) is 5.81. The van der Waals surface area contributed by atoms with E-state index in [0.29, 0.717) is 6.04 Å². The molecule has 0 bridgehead atoms. The minimum absolute atomic E-state index is 0.0597. The lowest BCUT2D eigenvalue weighted by Gasteiger charge is -2.15. The van der Waals surface area contributed by atoms with Crippen LogP contribution in [0.25, 0.3) is 0 Å². The smallest absolute Gasteiger partial charge is 0.214 e. The van der Waals surface area contributed by atoms with Gasteiger partial charge in [0.1, 0.15) is 0 Å². The summed E-state index contributed by atoms with van der Waals surface area (Å²) in [4.78, 5) is 1.15. The molecule has 1 aromatic heterocycles. The zero-order valence-corrected chi connectivity index (χ0v) is 13.1. The number of benzene rings is 1. The van der Waals surface area contributed by atoms with Crippen LogP contribution in [0.2, 0.25) is 0 Å². The van der Waals surface area contributed by atoms with Gasteiger partial charge in [0.2, 0.25) is 5.16 Å². The van der Waals surface area contributed by atoms with Crippen LogP contribution in [0.1, 0.15) is 56.7 Å². The van der Waals surface area contributed by atoms with Crippen LogP contribution in [-0.4, -0.2) is 20.2 Å². The fraction of sp³-hybridized carbons (Fsp3) is 0.533. The van der Waals surface area contributed by atoms with Gasteiger partial charge in [0.25, 0.3) is 0 Å². The number of rotatable bonds is 5. The Bertz CT molecular complexity index is 591. The highest BCUT2D eigenvalue weighted by Crippen LogP contribution is 2.36. The van der Waals surface area contributed by atoms with Crippen molar-refractivity contribution in [3.8, 4) is 0 Å². The van der Waals surface area contributed by atoms with E-state index >= 15 is 0 Å². The maximum Gasteiger partial charge on any atom is 0.214 e. The molecule has 1 aliphatic carbocycles. The van der Waals surface area contributed by atoms with Crippen molar-refractivity contribution < 1.29 is 0 Å². The fourth-order valence-electron chi connectivity index (χ4n) is 2.83. The number of nitrogens with two attached hydrogens (primary N) is 1. The average Bonchev–Trinajstić information content (AvgIpc) is 3.17. The highest BCUT2D eigenvalue weighted by Gasteiger charge is 2.22. The number of aromatic nitrogens is 4. The molecule has 1 heterocycles. The molecule has 1 saturated carbocycles. The van der Waals surface area contributed by atoms with E-state index in [1.54, 1.807) is 11.8 Å². The molecule has 0 spiro atoms. The molecule has 0 aliphatic heterocycles. The average molecular weight is 303 g/mol. The number of nitrogens with zero attached hydrogens (tertiary/aromatic N) is 4. The number of hydrogen-bond acceptors (Lipinski definition) is 5. The normalized spacial score (nSPS) is 17.2. The van der Waals surface area contributed by atoms with Gasteiger partial charge < -0.3 is 5.73 Å². The second-order valence-electron chi connectivity index (χ2n) is 5.50. The van der Waals surface area contributed by atoms with Crippen LogP contribution in [0.15, 0.2) is 34.3 Å². The van der Waals surface area contributed by atoms with Crippen LogP contribution in [0.4, 0.5) is 0 Å². The Labute approximate surface area is 129 Å². The summed E-state index contributed by atoms with van der Waals surface area (Å²) in [6, 6.07) is 8.79. The summed E-state index contributed by atoms with van der Waals surface area (Å²) in [5, 5.41) is 13.1. The standard InChI is InChI=1S/C15H21N5S/c1-2-13(16)12-9-5-6-10-14(12)21-15-17-18-19-20(15)11-7-3-4-8-11/h5-6,9-11,13H,2-4,7-8,16H2,1H3/t13-/m0/s1. The number of tetrazole rings is 1. The minimum atomic E-state index is 0.0597. The zero-order chi connectivity index (χ0) is 14.7. The zero-order valence-electron chi connectivity index (χ0n) is 12.3.